The molecule has 1 N–H and O–H groups in total. The van der Waals surface area contributed by atoms with Gasteiger partial charge in [0.1, 0.15) is 17.3 Å². The van der Waals surface area contributed by atoms with Crippen LogP contribution in [-0.2, 0) is 9.53 Å². The summed E-state index contributed by atoms with van der Waals surface area (Å²) in [4.78, 5) is 29.8. The van der Waals surface area contributed by atoms with Crippen LogP contribution in [0, 0.1) is 5.82 Å². The van der Waals surface area contributed by atoms with Crippen LogP contribution in [0.2, 0.25) is 0 Å². The highest BCUT2D eigenvalue weighted by Crippen LogP contribution is 2.21. The minimum Gasteiger partial charge on any atom is -0.479 e. The molecule has 9 heteroatoms. The Balaban J connectivity index is 1.95. The van der Waals surface area contributed by atoms with Crippen LogP contribution in [0.5, 0.6) is 0 Å². The highest BCUT2D eigenvalue weighted by molar-refractivity contribution is 5.91. The predicted octanol–water partition coefficient (Wildman–Crippen LogP) is 1.84. The van der Waals surface area contributed by atoms with Gasteiger partial charge < -0.3 is 14.7 Å². The molecule has 0 saturated carbocycles. The lowest BCUT2D eigenvalue weighted by Gasteiger charge is -2.34. The fourth-order valence-corrected chi connectivity index (χ4v) is 2.98. The van der Waals surface area contributed by atoms with Gasteiger partial charge in [0.05, 0.1) is 12.6 Å². The Kier molecular flexibility index (Phi) is 5.22. The number of hydrogen-bond donors (Lipinski definition) is 1. The molecule has 1 saturated heterocycles. The van der Waals surface area contributed by atoms with E-state index >= 15 is 0 Å². The first-order chi connectivity index (χ1) is 12.8. The molecule has 2 aromatic rings. The number of aromatic nitrogens is 3. The average Bonchev–Trinajstić information content (AvgIpc) is 3.06. The third-order valence-electron chi connectivity index (χ3n) is 4.24. The van der Waals surface area contributed by atoms with Gasteiger partial charge >= 0.3 is 5.97 Å². The molecular weight excluding hydrogens is 355 g/mol. The van der Waals surface area contributed by atoms with Crippen molar-refractivity contribution < 1.29 is 23.8 Å². The smallest absolute Gasteiger partial charge is 0.334 e. The standard InChI is InChI=1S/C18H21FN4O4/c1-10(2)16-20-15(21-23(16)13-7-5-4-6-12(13)19)17(24)22-8-11(3)27-14(9-22)18(25)26/h4-7,10-11,14H,8-9H2,1-3H3,(H,25,26)/t11-,14?/m1/s1. The monoisotopic (exact) mass is 376 g/mol. The van der Waals surface area contributed by atoms with E-state index < -0.39 is 29.9 Å². The zero-order chi connectivity index (χ0) is 19.7. The number of carboxylic acid groups (broad SMARTS) is 1. The van der Waals surface area contributed by atoms with Crippen LogP contribution in [0.15, 0.2) is 24.3 Å². The number of nitrogens with zero attached hydrogens (tertiary/aromatic N) is 4. The number of carbonyl (C=O) groups is 2. The first-order valence-electron chi connectivity index (χ1n) is 8.67. The summed E-state index contributed by atoms with van der Waals surface area (Å²) in [5, 5.41) is 13.4. The van der Waals surface area contributed by atoms with E-state index in [0.29, 0.717) is 5.82 Å². The number of ether oxygens (including phenoxy) is 1. The third kappa shape index (κ3) is 3.82. The lowest BCUT2D eigenvalue weighted by Crippen LogP contribution is -2.52. The molecule has 0 spiro atoms. The van der Waals surface area contributed by atoms with E-state index in [1.54, 1.807) is 25.1 Å². The Bertz CT molecular complexity index is 867. The van der Waals surface area contributed by atoms with Gasteiger partial charge in [-0.2, -0.15) is 0 Å². The number of morpholine rings is 1. The maximum absolute atomic E-state index is 14.2. The molecule has 27 heavy (non-hydrogen) atoms. The molecule has 1 aliphatic heterocycles. The molecular formula is C18H21FN4O4. The summed E-state index contributed by atoms with van der Waals surface area (Å²) in [7, 11) is 0. The number of para-hydroxylation sites is 1. The van der Waals surface area contributed by atoms with Crippen molar-refractivity contribution in [2.24, 2.45) is 0 Å². The molecule has 1 fully saturated rings. The van der Waals surface area contributed by atoms with Crippen molar-refractivity contribution in [3.05, 3.63) is 41.7 Å². The predicted molar refractivity (Wildman–Crippen MR) is 93.3 cm³/mol. The fraction of sp³-hybridized carbons (Fsp3) is 0.444. The molecule has 0 radical (unpaired) electrons. The van der Waals surface area contributed by atoms with Crippen LogP contribution >= 0.6 is 0 Å². The van der Waals surface area contributed by atoms with Crippen LogP contribution in [0.4, 0.5) is 4.39 Å². The van der Waals surface area contributed by atoms with Gasteiger partial charge in [-0.25, -0.2) is 18.9 Å². The van der Waals surface area contributed by atoms with Crippen LogP contribution in [0.1, 0.15) is 43.1 Å². The van der Waals surface area contributed by atoms with Gasteiger partial charge in [-0.05, 0) is 19.1 Å². The molecule has 0 bridgehead atoms. The van der Waals surface area contributed by atoms with Crippen molar-refractivity contribution in [3.63, 3.8) is 0 Å². The van der Waals surface area contributed by atoms with Crippen molar-refractivity contribution in [1.29, 1.82) is 0 Å². The zero-order valence-electron chi connectivity index (χ0n) is 15.3. The molecule has 0 aliphatic carbocycles. The number of hydrogen-bond acceptors (Lipinski definition) is 5. The molecule has 3 rings (SSSR count). The van der Waals surface area contributed by atoms with Crippen molar-refractivity contribution in [3.8, 4) is 5.69 Å². The van der Waals surface area contributed by atoms with Gasteiger partial charge in [-0.1, -0.05) is 26.0 Å². The number of aliphatic carboxylic acids is 1. The fourth-order valence-electron chi connectivity index (χ4n) is 2.98. The summed E-state index contributed by atoms with van der Waals surface area (Å²) in [6.07, 6.45) is -1.53. The second-order valence-electron chi connectivity index (χ2n) is 6.80. The first-order valence-corrected chi connectivity index (χ1v) is 8.67. The Morgan fingerprint density at radius 2 is 2.00 bits per heavy atom. The highest BCUT2D eigenvalue weighted by Gasteiger charge is 2.35. The summed E-state index contributed by atoms with van der Waals surface area (Å²) in [5.41, 5.74) is 0.200. The minimum absolute atomic E-state index is 0.0935. The van der Waals surface area contributed by atoms with E-state index in [2.05, 4.69) is 10.1 Å². The molecule has 144 valence electrons. The van der Waals surface area contributed by atoms with Crippen molar-refractivity contribution >= 4 is 11.9 Å². The second-order valence-corrected chi connectivity index (χ2v) is 6.80. The number of carboxylic acids is 1. The van der Waals surface area contributed by atoms with E-state index in [9.17, 15) is 19.1 Å². The van der Waals surface area contributed by atoms with Gasteiger partial charge in [0.25, 0.3) is 5.91 Å². The number of rotatable bonds is 4. The number of amides is 1. The summed E-state index contributed by atoms with van der Waals surface area (Å²) < 4.78 is 20.9. The number of benzene rings is 1. The zero-order valence-corrected chi connectivity index (χ0v) is 15.3. The number of carbonyl (C=O) groups excluding carboxylic acids is 1. The van der Waals surface area contributed by atoms with Gasteiger partial charge in [-0.3, -0.25) is 4.79 Å². The average molecular weight is 376 g/mol. The maximum Gasteiger partial charge on any atom is 0.334 e. The van der Waals surface area contributed by atoms with Crippen molar-refractivity contribution in [2.75, 3.05) is 13.1 Å². The van der Waals surface area contributed by atoms with E-state index in [-0.39, 0.29) is 30.5 Å². The minimum atomic E-state index is -1.13. The lowest BCUT2D eigenvalue weighted by atomic mass is 10.2. The molecule has 2 heterocycles. The molecule has 1 amide bonds. The van der Waals surface area contributed by atoms with E-state index in [1.165, 1.54) is 15.6 Å². The van der Waals surface area contributed by atoms with Crippen LogP contribution in [-0.4, -0.2) is 61.9 Å². The molecule has 1 aliphatic rings. The van der Waals surface area contributed by atoms with E-state index in [0.717, 1.165) is 0 Å². The lowest BCUT2D eigenvalue weighted by molar-refractivity contribution is -0.160. The molecule has 1 unspecified atom stereocenters. The molecule has 1 aromatic heterocycles. The topological polar surface area (TPSA) is 97.6 Å². The van der Waals surface area contributed by atoms with Gasteiger partial charge in [0.2, 0.25) is 5.82 Å². The number of halogens is 1. The van der Waals surface area contributed by atoms with Crippen LogP contribution < -0.4 is 0 Å². The third-order valence-corrected chi connectivity index (χ3v) is 4.24. The summed E-state index contributed by atoms with van der Waals surface area (Å²) in [5.74, 6) is -1.87. The molecule has 1 aromatic carbocycles. The van der Waals surface area contributed by atoms with Gasteiger partial charge in [-0.15, -0.1) is 5.10 Å². The normalized spacial score (nSPS) is 20.1. The Hall–Kier alpha value is -2.81. The molecule has 8 nitrogen and oxygen atoms in total. The van der Waals surface area contributed by atoms with Crippen LogP contribution in [0.25, 0.3) is 5.69 Å². The van der Waals surface area contributed by atoms with E-state index in [4.69, 9.17) is 4.74 Å². The Labute approximate surface area is 155 Å². The summed E-state index contributed by atoms with van der Waals surface area (Å²) in [6, 6.07) is 6.11. The first kappa shape index (κ1) is 19.0. The highest BCUT2D eigenvalue weighted by atomic mass is 19.1. The Morgan fingerprint density at radius 1 is 1.30 bits per heavy atom. The quantitative estimate of drug-likeness (QED) is 0.875. The van der Waals surface area contributed by atoms with Crippen LogP contribution in [0.3, 0.4) is 0 Å². The largest absolute Gasteiger partial charge is 0.479 e. The molecule has 2 atom stereocenters. The summed E-state index contributed by atoms with van der Waals surface area (Å²) >= 11 is 0. The van der Waals surface area contributed by atoms with Crippen molar-refractivity contribution in [2.45, 2.75) is 38.9 Å². The maximum atomic E-state index is 14.2. The summed E-state index contributed by atoms with van der Waals surface area (Å²) in [6.45, 7) is 5.57. The van der Waals surface area contributed by atoms with E-state index in [1.807, 2.05) is 13.8 Å². The SMILES string of the molecule is CC(C)c1nc(C(=O)N2CC(C(=O)O)O[C@H](C)C2)nn1-c1ccccc1F. The van der Waals surface area contributed by atoms with Crippen molar-refractivity contribution in [1.82, 2.24) is 19.7 Å². The Morgan fingerprint density at radius 3 is 2.63 bits per heavy atom. The second kappa shape index (κ2) is 7.43. The van der Waals surface area contributed by atoms with Gasteiger partial charge in [0, 0.05) is 12.5 Å². The van der Waals surface area contributed by atoms with Gasteiger partial charge in [0.15, 0.2) is 6.10 Å².